The molecular weight excluding hydrogens is 190 g/mol. The molecule has 0 saturated carbocycles. The van der Waals surface area contributed by atoms with E-state index in [1.54, 1.807) is 0 Å². The molecule has 0 saturated heterocycles. The summed E-state index contributed by atoms with van der Waals surface area (Å²) in [6, 6.07) is 10.5. The van der Waals surface area contributed by atoms with Crippen molar-refractivity contribution >= 4 is 33.7 Å². The Morgan fingerprint density at radius 1 is 1.14 bits per heavy atom. The predicted octanol–water partition coefficient (Wildman–Crippen LogP) is 3.25. The van der Waals surface area contributed by atoms with Crippen molar-refractivity contribution in [2.24, 2.45) is 0 Å². The predicted molar refractivity (Wildman–Crippen MR) is 64.0 cm³/mol. The summed E-state index contributed by atoms with van der Waals surface area (Å²) in [6.45, 7) is 2.10. The minimum absolute atomic E-state index is 0.847. The monoisotopic (exact) mass is 199 g/mol. The second-order valence-corrected chi connectivity index (χ2v) is 4.02. The largest absolute Gasteiger partial charge is 0.345 e. The molecule has 0 radical (unpaired) electrons. The number of hydrogen-bond acceptors (Lipinski definition) is 1. The fourth-order valence-corrected chi connectivity index (χ4v) is 2.29. The highest BCUT2D eigenvalue weighted by Gasteiger charge is 2.18. The van der Waals surface area contributed by atoms with Gasteiger partial charge in [0.25, 0.3) is 0 Å². The first-order valence-corrected chi connectivity index (χ1v) is 5.02. The molecule has 2 aromatic carbocycles. The van der Waals surface area contributed by atoms with E-state index in [-0.39, 0.29) is 0 Å². The molecular formula is C12H9NS. The number of thiocarbonyl (C=S) groups is 1. The Kier molecular flexibility index (Phi) is 1.45. The summed E-state index contributed by atoms with van der Waals surface area (Å²) in [7, 11) is 0. The number of benzene rings is 2. The number of aryl methyl sites for hydroxylation is 1. The van der Waals surface area contributed by atoms with E-state index < -0.39 is 0 Å². The van der Waals surface area contributed by atoms with Gasteiger partial charge in [-0.05, 0) is 17.9 Å². The highest BCUT2D eigenvalue weighted by Crippen LogP contribution is 2.35. The molecule has 1 aliphatic rings. The zero-order valence-electron chi connectivity index (χ0n) is 7.79. The number of rotatable bonds is 0. The quantitative estimate of drug-likeness (QED) is 0.654. The van der Waals surface area contributed by atoms with E-state index in [2.05, 4.69) is 42.6 Å². The van der Waals surface area contributed by atoms with E-state index in [1.165, 1.54) is 22.0 Å². The van der Waals surface area contributed by atoms with Gasteiger partial charge in [0.05, 0.1) is 5.69 Å². The van der Waals surface area contributed by atoms with Crippen molar-refractivity contribution in [2.45, 2.75) is 6.92 Å². The second-order valence-electron chi connectivity index (χ2n) is 3.62. The zero-order chi connectivity index (χ0) is 9.71. The van der Waals surface area contributed by atoms with Crippen LogP contribution in [-0.4, -0.2) is 4.99 Å². The summed E-state index contributed by atoms with van der Waals surface area (Å²) in [4.78, 5) is 0.847. The first-order valence-electron chi connectivity index (χ1n) is 4.61. The highest BCUT2D eigenvalue weighted by molar-refractivity contribution is 7.81. The summed E-state index contributed by atoms with van der Waals surface area (Å²) in [6.07, 6.45) is 0. The van der Waals surface area contributed by atoms with Crippen LogP contribution in [-0.2, 0) is 0 Å². The molecule has 14 heavy (non-hydrogen) atoms. The van der Waals surface area contributed by atoms with Gasteiger partial charge in [0.2, 0.25) is 0 Å². The van der Waals surface area contributed by atoms with Crippen molar-refractivity contribution < 1.29 is 0 Å². The maximum atomic E-state index is 5.28. The van der Waals surface area contributed by atoms with Crippen molar-refractivity contribution in [3.63, 3.8) is 0 Å². The Bertz CT molecular complexity index is 557. The lowest BCUT2D eigenvalue weighted by molar-refractivity contribution is 1.50. The number of nitrogens with one attached hydrogen (secondary N) is 1. The molecule has 1 heterocycles. The zero-order valence-corrected chi connectivity index (χ0v) is 8.61. The van der Waals surface area contributed by atoms with Crippen molar-refractivity contribution in [1.82, 2.24) is 0 Å². The van der Waals surface area contributed by atoms with Gasteiger partial charge in [-0.2, -0.15) is 0 Å². The van der Waals surface area contributed by atoms with Crippen LogP contribution in [0.15, 0.2) is 30.3 Å². The van der Waals surface area contributed by atoms with Gasteiger partial charge in [-0.25, -0.2) is 0 Å². The van der Waals surface area contributed by atoms with E-state index in [1.807, 2.05) is 0 Å². The summed E-state index contributed by atoms with van der Waals surface area (Å²) in [5.41, 5.74) is 3.60. The average molecular weight is 199 g/mol. The van der Waals surface area contributed by atoms with Crippen molar-refractivity contribution in [1.29, 1.82) is 0 Å². The van der Waals surface area contributed by atoms with Gasteiger partial charge in [0.1, 0.15) is 4.99 Å². The highest BCUT2D eigenvalue weighted by atomic mass is 32.1. The molecule has 0 fully saturated rings. The van der Waals surface area contributed by atoms with E-state index in [0.29, 0.717) is 0 Å². The van der Waals surface area contributed by atoms with Crippen molar-refractivity contribution in [3.8, 4) is 0 Å². The van der Waals surface area contributed by atoms with E-state index in [0.717, 1.165) is 10.6 Å². The Morgan fingerprint density at radius 2 is 2.00 bits per heavy atom. The Balaban J connectivity index is 2.58. The molecule has 3 rings (SSSR count). The van der Waals surface area contributed by atoms with Crippen LogP contribution in [0.3, 0.4) is 0 Å². The standard InChI is InChI=1S/C12H9NS/c1-7-5-6-8-3-2-4-9-10(8)11(7)13-12(9)14/h2-6H,1H3,(H,13,14). The summed E-state index contributed by atoms with van der Waals surface area (Å²) in [5.74, 6) is 0. The van der Waals surface area contributed by atoms with E-state index in [4.69, 9.17) is 12.2 Å². The third-order valence-corrected chi connectivity index (χ3v) is 3.06. The van der Waals surface area contributed by atoms with Gasteiger partial charge < -0.3 is 5.32 Å². The fraction of sp³-hybridized carbons (Fsp3) is 0.0833. The summed E-state index contributed by atoms with van der Waals surface area (Å²) in [5, 5.41) is 5.81. The first-order chi connectivity index (χ1) is 6.77. The van der Waals surface area contributed by atoms with Crippen LogP contribution in [0.4, 0.5) is 5.69 Å². The third kappa shape index (κ3) is 0.863. The van der Waals surface area contributed by atoms with Crippen LogP contribution in [0, 0.1) is 6.92 Å². The van der Waals surface area contributed by atoms with Crippen LogP contribution < -0.4 is 5.32 Å². The SMILES string of the molecule is Cc1ccc2cccc3c2c1NC3=S. The first kappa shape index (κ1) is 7.94. The fourth-order valence-electron chi connectivity index (χ4n) is 2.01. The van der Waals surface area contributed by atoms with Crippen LogP contribution in [0.5, 0.6) is 0 Å². The molecule has 0 atom stereocenters. The van der Waals surface area contributed by atoms with Gasteiger partial charge in [-0.1, -0.05) is 42.5 Å². The Morgan fingerprint density at radius 3 is 2.86 bits per heavy atom. The summed E-state index contributed by atoms with van der Waals surface area (Å²) >= 11 is 5.28. The smallest absolute Gasteiger partial charge is 0.111 e. The molecule has 2 aromatic rings. The molecule has 2 heteroatoms. The summed E-state index contributed by atoms with van der Waals surface area (Å²) < 4.78 is 0. The van der Waals surface area contributed by atoms with Crippen LogP contribution in [0.1, 0.15) is 11.1 Å². The van der Waals surface area contributed by atoms with Crippen LogP contribution in [0.25, 0.3) is 10.8 Å². The number of hydrogen-bond donors (Lipinski definition) is 1. The molecule has 0 bridgehead atoms. The molecule has 0 aliphatic carbocycles. The Labute approximate surface area is 87.7 Å². The minimum atomic E-state index is 0.847. The van der Waals surface area contributed by atoms with Gasteiger partial charge in [0, 0.05) is 10.9 Å². The lowest BCUT2D eigenvalue weighted by Gasteiger charge is -2.03. The topological polar surface area (TPSA) is 12.0 Å². The van der Waals surface area contributed by atoms with Gasteiger partial charge in [-0.3, -0.25) is 0 Å². The molecule has 0 aromatic heterocycles. The maximum absolute atomic E-state index is 5.28. The molecule has 1 N–H and O–H groups in total. The normalized spacial score (nSPS) is 13.4. The molecule has 0 unspecified atom stereocenters. The van der Waals surface area contributed by atoms with Gasteiger partial charge in [0.15, 0.2) is 0 Å². The van der Waals surface area contributed by atoms with Crippen molar-refractivity contribution in [3.05, 3.63) is 41.5 Å². The third-order valence-electron chi connectivity index (χ3n) is 2.74. The lowest BCUT2D eigenvalue weighted by atomic mass is 10.0. The van der Waals surface area contributed by atoms with Gasteiger partial charge in [-0.15, -0.1) is 0 Å². The molecule has 1 aliphatic heterocycles. The molecule has 68 valence electrons. The van der Waals surface area contributed by atoms with Crippen LogP contribution in [0.2, 0.25) is 0 Å². The lowest BCUT2D eigenvalue weighted by Crippen LogP contribution is -2.02. The molecule has 0 amide bonds. The number of anilines is 1. The van der Waals surface area contributed by atoms with E-state index >= 15 is 0 Å². The van der Waals surface area contributed by atoms with E-state index in [9.17, 15) is 0 Å². The Hall–Kier alpha value is -1.41. The second kappa shape index (κ2) is 2.55. The van der Waals surface area contributed by atoms with Gasteiger partial charge >= 0.3 is 0 Å². The average Bonchev–Trinajstić information content (AvgIpc) is 2.53. The van der Waals surface area contributed by atoms with Crippen molar-refractivity contribution in [2.75, 3.05) is 5.32 Å². The molecule has 0 spiro atoms. The minimum Gasteiger partial charge on any atom is -0.345 e. The van der Waals surface area contributed by atoms with Crippen LogP contribution >= 0.6 is 12.2 Å². The maximum Gasteiger partial charge on any atom is 0.111 e. The molecule has 1 nitrogen and oxygen atoms in total.